The highest BCUT2D eigenvalue weighted by molar-refractivity contribution is 7.98. The van der Waals surface area contributed by atoms with Gasteiger partial charge in [0.05, 0.1) is 0 Å². The molecule has 0 bridgehead atoms. The smallest absolute Gasteiger partial charge is 0.00703 e. The van der Waals surface area contributed by atoms with Crippen LogP contribution in [0.3, 0.4) is 0 Å². The standard InChI is InChI=1S/C32H58S/c1-3-4-5-6-7-8-12-15-18-21-24-31-26-28-32(29-27-31)25-22-19-16-13-10-9-11-14-17-20-23-30-33-2/h26-29H,3-25,30H2,1-2H3. The normalized spacial score (nSPS) is 11.3. The molecule has 1 aromatic rings. The van der Waals surface area contributed by atoms with Gasteiger partial charge in [0.2, 0.25) is 0 Å². The molecule has 0 aliphatic rings. The number of unbranched alkanes of at least 4 members (excludes halogenated alkanes) is 19. The molecule has 0 amide bonds. The van der Waals surface area contributed by atoms with Crippen molar-refractivity contribution >= 4 is 11.8 Å². The predicted molar refractivity (Wildman–Crippen MR) is 155 cm³/mol. The van der Waals surface area contributed by atoms with Crippen molar-refractivity contribution in [1.82, 2.24) is 0 Å². The molecule has 1 rings (SSSR count). The molecule has 0 aliphatic heterocycles. The topological polar surface area (TPSA) is 0 Å². The zero-order chi connectivity index (χ0) is 23.7. The summed E-state index contributed by atoms with van der Waals surface area (Å²) >= 11 is 1.99. The fraction of sp³-hybridized carbons (Fsp3) is 0.812. The highest BCUT2D eigenvalue weighted by atomic mass is 32.2. The summed E-state index contributed by atoms with van der Waals surface area (Å²) in [5, 5.41) is 0. The summed E-state index contributed by atoms with van der Waals surface area (Å²) in [5.41, 5.74) is 3.09. The lowest BCUT2D eigenvalue weighted by Crippen LogP contribution is -1.90. The van der Waals surface area contributed by atoms with Gasteiger partial charge in [-0.05, 0) is 55.2 Å². The van der Waals surface area contributed by atoms with E-state index in [4.69, 9.17) is 0 Å². The highest BCUT2D eigenvalue weighted by Crippen LogP contribution is 2.16. The number of hydrogen-bond acceptors (Lipinski definition) is 1. The molecule has 33 heavy (non-hydrogen) atoms. The van der Waals surface area contributed by atoms with Crippen LogP contribution in [0, 0.1) is 0 Å². The number of aryl methyl sites for hydroxylation is 2. The fourth-order valence-corrected chi connectivity index (χ4v) is 5.35. The van der Waals surface area contributed by atoms with Crippen LogP contribution in [0.25, 0.3) is 0 Å². The van der Waals surface area contributed by atoms with Crippen LogP contribution in [0.4, 0.5) is 0 Å². The summed E-state index contributed by atoms with van der Waals surface area (Å²) < 4.78 is 0. The average molecular weight is 475 g/mol. The lowest BCUT2D eigenvalue weighted by molar-refractivity contribution is 0.550. The second-order valence-electron chi connectivity index (χ2n) is 10.4. The zero-order valence-corrected chi connectivity index (χ0v) is 23.5. The quantitative estimate of drug-likeness (QED) is 0.127. The maximum atomic E-state index is 2.39. The van der Waals surface area contributed by atoms with Crippen molar-refractivity contribution in [1.29, 1.82) is 0 Å². The van der Waals surface area contributed by atoms with Gasteiger partial charge in [-0.25, -0.2) is 0 Å². The summed E-state index contributed by atoms with van der Waals surface area (Å²) in [6.07, 6.45) is 34.9. The van der Waals surface area contributed by atoms with Gasteiger partial charge in [0.25, 0.3) is 0 Å². The van der Waals surface area contributed by atoms with Crippen LogP contribution < -0.4 is 0 Å². The molecule has 0 saturated heterocycles. The first-order valence-corrected chi connectivity index (χ1v) is 16.3. The van der Waals surface area contributed by atoms with Crippen molar-refractivity contribution in [3.8, 4) is 0 Å². The molecular formula is C32H58S. The van der Waals surface area contributed by atoms with Crippen molar-refractivity contribution in [2.24, 2.45) is 0 Å². The Kier molecular flexibility index (Phi) is 22.9. The minimum atomic E-state index is 1.27. The Morgan fingerprint density at radius 2 is 0.727 bits per heavy atom. The van der Waals surface area contributed by atoms with Crippen molar-refractivity contribution < 1.29 is 0 Å². The SMILES string of the molecule is CCCCCCCCCCCCc1ccc(CCCCCCCCCCCCCSC)cc1. The molecule has 0 saturated carbocycles. The van der Waals surface area contributed by atoms with E-state index in [2.05, 4.69) is 37.4 Å². The van der Waals surface area contributed by atoms with Gasteiger partial charge in [-0.2, -0.15) is 11.8 Å². The van der Waals surface area contributed by atoms with Gasteiger partial charge in [-0.3, -0.25) is 0 Å². The molecule has 192 valence electrons. The van der Waals surface area contributed by atoms with E-state index in [9.17, 15) is 0 Å². The van der Waals surface area contributed by atoms with Crippen molar-refractivity contribution in [2.75, 3.05) is 12.0 Å². The minimum Gasteiger partial charge on any atom is -0.165 e. The molecular weight excluding hydrogens is 416 g/mol. The maximum Gasteiger partial charge on any atom is -0.00703 e. The van der Waals surface area contributed by atoms with E-state index >= 15 is 0 Å². The van der Waals surface area contributed by atoms with E-state index in [1.165, 1.54) is 153 Å². The molecule has 0 fully saturated rings. The van der Waals surface area contributed by atoms with Crippen LogP contribution in [-0.2, 0) is 12.8 Å². The highest BCUT2D eigenvalue weighted by Gasteiger charge is 1.98. The Balaban J connectivity index is 1.88. The maximum absolute atomic E-state index is 2.39. The van der Waals surface area contributed by atoms with Gasteiger partial charge in [-0.15, -0.1) is 0 Å². The van der Waals surface area contributed by atoms with E-state index in [0.717, 1.165) is 0 Å². The monoisotopic (exact) mass is 474 g/mol. The van der Waals surface area contributed by atoms with Crippen molar-refractivity contribution in [2.45, 2.75) is 155 Å². The fourth-order valence-electron chi connectivity index (χ4n) is 4.86. The summed E-state index contributed by atoms with van der Waals surface area (Å²) in [4.78, 5) is 0. The number of thioether (sulfide) groups is 1. The number of hydrogen-bond donors (Lipinski definition) is 0. The molecule has 0 spiro atoms. The molecule has 0 aliphatic carbocycles. The first kappa shape index (κ1) is 30.6. The molecule has 0 heterocycles. The summed E-state index contributed by atoms with van der Waals surface area (Å²) in [7, 11) is 0. The third-order valence-electron chi connectivity index (χ3n) is 7.16. The van der Waals surface area contributed by atoms with Crippen LogP contribution in [0.2, 0.25) is 0 Å². The Morgan fingerprint density at radius 3 is 1.06 bits per heavy atom. The van der Waals surface area contributed by atoms with Gasteiger partial charge in [0, 0.05) is 0 Å². The Hall–Kier alpha value is -0.430. The van der Waals surface area contributed by atoms with Gasteiger partial charge < -0.3 is 0 Å². The summed E-state index contributed by atoms with van der Waals surface area (Å²) in [6.45, 7) is 2.30. The van der Waals surface area contributed by atoms with E-state index in [-0.39, 0.29) is 0 Å². The van der Waals surface area contributed by atoms with Gasteiger partial charge in [-0.1, -0.05) is 147 Å². The van der Waals surface area contributed by atoms with E-state index in [1.807, 2.05) is 11.8 Å². The molecule has 1 heteroatoms. The second kappa shape index (κ2) is 24.7. The molecule has 0 N–H and O–H groups in total. The third-order valence-corrected chi connectivity index (χ3v) is 7.85. The molecule has 1 aromatic carbocycles. The van der Waals surface area contributed by atoms with Crippen LogP contribution in [0.1, 0.15) is 153 Å². The summed E-state index contributed by atoms with van der Waals surface area (Å²) in [5.74, 6) is 1.35. The molecule has 0 unspecified atom stereocenters. The van der Waals surface area contributed by atoms with Gasteiger partial charge in [0.1, 0.15) is 0 Å². The van der Waals surface area contributed by atoms with E-state index in [0.29, 0.717) is 0 Å². The lowest BCUT2D eigenvalue weighted by atomic mass is 10.0. The van der Waals surface area contributed by atoms with E-state index < -0.39 is 0 Å². The van der Waals surface area contributed by atoms with E-state index in [1.54, 1.807) is 11.1 Å². The predicted octanol–water partition coefficient (Wildman–Crippen LogP) is 11.3. The molecule has 0 nitrogen and oxygen atoms in total. The first-order chi connectivity index (χ1) is 16.4. The second-order valence-corrected chi connectivity index (χ2v) is 11.4. The molecule has 0 atom stereocenters. The van der Waals surface area contributed by atoms with Gasteiger partial charge in [0.15, 0.2) is 0 Å². The Bertz CT molecular complexity index is 492. The third kappa shape index (κ3) is 20.6. The first-order valence-electron chi connectivity index (χ1n) is 14.9. The van der Waals surface area contributed by atoms with Crippen LogP contribution in [0.5, 0.6) is 0 Å². The minimum absolute atomic E-state index is 1.27. The lowest BCUT2D eigenvalue weighted by Gasteiger charge is -2.06. The summed E-state index contributed by atoms with van der Waals surface area (Å²) in [6, 6.07) is 9.57. The van der Waals surface area contributed by atoms with Crippen LogP contribution >= 0.6 is 11.8 Å². The molecule has 0 aromatic heterocycles. The van der Waals surface area contributed by atoms with Crippen LogP contribution in [-0.4, -0.2) is 12.0 Å². The molecule has 0 radical (unpaired) electrons. The van der Waals surface area contributed by atoms with Crippen molar-refractivity contribution in [3.63, 3.8) is 0 Å². The van der Waals surface area contributed by atoms with Gasteiger partial charge >= 0.3 is 0 Å². The zero-order valence-electron chi connectivity index (χ0n) is 22.7. The largest absolute Gasteiger partial charge is 0.165 e. The Labute approximate surface area is 213 Å². The Morgan fingerprint density at radius 1 is 0.424 bits per heavy atom. The van der Waals surface area contributed by atoms with Crippen molar-refractivity contribution in [3.05, 3.63) is 35.4 Å². The van der Waals surface area contributed by atoms with Crippen LogP contribution in [0.15, 0.2) is 24.3 Å². The number of benzene rings is 1. The average Bonchev–Trinajstić information content (AvgIpc) is 2.84. The number of rotatable bonds is 25.